The molecule has 2 aromatic carbocycles. The number of rotatable bonds is 6. The quantitative estimate of drug-likeness (QED) is 0.432. The van der Waals surface area contributed by atoms with Crippen LogP contribution in [0.25, 0.3) is 16.3 Å². The van der Waals surface area contributed by atoms with Gasteiger partial charge in [0.05, 0.1) is 16.3 Å². The number of ether oxygens (including phenoxy) is 1. The van der Waals surface area contributed by atoms with Gasteiger partial charge in [0, 0.05) is 18.1 Å². The molecule has 1 atom stereocenters. The van der Waals surface area contributed by atoms with Crippen LogP contribution in [-0.4, -0.2) is 35.4 Å². The highest BCUT2D eigenvalue weighted by Gasteiger charge is 2.21. The number of hydrogen-bond acceptors (Lipinski definition) is 5. The maximum Gasteiger partial charge on any atom is 0.331 e. The van der Waals surface area contributed by atoms with Crippen molar-refractivity contribution < 1.29 is 14.3 Å². The number of benzene rings is 2. The number of aromatic nitrogens is 1. The number of carbonyl (C=O) groups is 2. The summed E-state index contributed by atoms with van der Waals surface area (Å²) in [5.74, 6) is -0.902. The minimum atomic E-state index is -0.602. The summed E-state index contributed by atoms with van der Waals surface area (Å²) in [5, 5.41) is 1.37. The van der Waals surface area contributed by atoms with Gasteiger partial charge in [-0.2, -0.15) is 0 Å². The molecule has 0 aliphatic carbocycles. The van der Waals surface area contributed by atoms with E-state index in [1.165, 1.54) is 11.0 Å². The summed E-state index contributed by atoms with van der Waals surface area (Å²) in [4.78, 5) is 30.4. The molecule has 0 N–H and O–H groups in total. The molecule has 144 valence electrons. The minimum absolute atomic E-state index is 0.220. The highest BCUT2D eigenvalue weighted by Crippen LogP contribution is 2.28. The van der Waals surface area contributed by atoms with E-state index in [0.29, 0.717) is 10.6 Å². The van der Waals surface area contributed by atoms with Gasteiger partial charge in [-0.15, -0.1) is 11.3 Å². The van der Waals surface area contributed by atoms with Gasteiger partial charge in [-0.05, 0) is 36.8 Å². The third kappa shape index (κ3) is 4.77. The molecule has 3 aromatic rings. The van der Waals surface area contributed by atoms with Crippen LogP contribution in [0.2, 0.25) is 5.02 Å². The SMILES string of the molecule is C[C@@H](c1nc2ccccc2s1)N(C)C(=O)COC(=O)/C=C/c1ccccc1Cl. The first kappa shape index (κ1) is 20.0. The van der Waals surface area contributed by atoms with E-state index in [9.17, 15) is 9.59 Å². The van der Waals surface area contributed by atoms with E-state index in [1.807, 2.05) is 37.3 Å². The topological polar surface area (TPSA) is 59.5 Å². The normalized spacial score (nSPS) is 12.2. The van der Waals surface area contributed by atoms with Crippen LogP contribution in [0.4, 0.5) is 0 Å². The van der Waals surface area contributed by atoms with Crippen molar-refractivity contribution in [1.82, 2.24) is 9.88 Å². The number of amides is 1. The first-order chi connectivity index (χ1) is 13.5. The summed E-state index contributed by atoms with van der Waals surface area (Å²) in [5.41, 5.74) is 1.61. The second-order valence-corrected chi connectivity index (χ2v) is 7.63. The molecule has 1 amide bonds. The average Bonchev–Trinajstić information content (AvgIpc) is 3.14. The van der Waals surface area contributed by atoms with Gasteiger partial charge in [0.1, 0.15) is 5.01 Å². The van der Waals surface area contributed by atoms with Crippen molar-refractivity contribution in [2.45, 2.75) is 13.0 Å². The Balaban J connectivity index is 1.56. The Kier molecular flexibility index (Phi) is 6.44. The molecule has 0 saturated carbocycles. The molecule has 0 aliphatic heterocycles. The fourth-order valence-corrected chi connectivity index (χ4v) is 3.76. The zero-order valence-corrected chi connectivity index (χ0v) is 17.0. The largest absolute Gasteiger partial charge is 0.452 e. The highest BCUT2D eigenvalue weighted by molar-refractivity contribution is 7.18. The molecule has 0 saturated heterocycles. The zero-order valence-electron chi connectivity index (χ0n) is 15.5. The van der Waals surface area contributed by atoms with Crippen molar-refractivity contribution in [3.05, 3.63) is 70.2 Å². The first-order valence-corrected chi connectivity index (χ1v) is 9.85. The summed E-state index contributed by atoms with van der Waals surface area (Å²) in [7, 11) is 1.67. The highest BCUT2D eigenvalue weighted by atomic mass is 35.5. The summed E-state index contributed by atoms with van der Waals surface area (Å²) in [6.45, 7) is 1.56. The molecule has 1 heterocycles. The lowest BCUT2D eigenvalue weighted by Gasteiger charge is -2.22. The van der Waals surface area contributed by atoms with Crippen molar-refractivity contribution in [3.63, 3.8) is 0 Å². The lowest BCUT2D eigenvalue weighted by Crippen LogP contribution is -2.33. The van der Waals surface area contributed by atoms with Gasteiger partial charge in [-0.25, -0.2) is 9.78 Å². The van der Waals surface area contributed by atoms with E-state index in [4.69, 9.17) is 16.3 Å². The molecule has 0 aliphatic rings. The number of para-hydroxylation sites is 1. The Morgan fingerprint density at radius 1 is 1.21 bits per heavy atom. The van der Waals surface area contributed by atoms with Gasteiger partial charge in [0.15, 0.2) is 6.61 Å². The van der Waals surface area contributed by atoms with E-state index >= 15 is 0 Å². The maximum atomic E-state index is 12.4. The van der Waals surface area contributed by atoms with Crippen molar-refractivity contribution in [3.8, 4) is 0 Å². The molecule has 1 aromatic heterocycles. The Bertz CT molecular complexity index is 998. The number of likely N-dealkylation sites (N-methyl/N-ethyl adjacent to an activating group) is 1. The van der Waals surface area contributed by atoms with Gasteiger partial charge >= 0.3 is 5.97 Å². The van der Waals surface area contributed by atoms with Crippen LogP contribution in [0.15, 0.2) is 54.6 Å². The van der Waals surface area contributed by atoms with E-state index in [0.717, 1.165) is 15.2 Å². The van der Waals surface area contributed by atoms with E-state index in [-0.39, 0.29) is 18.6 Å². The molecule has 28 heavy (non-hydrogen) atoms. The zero-order chi connectivity index (χ0) is 20.1. The number of esters is 1. The number of carbonyl (C=O) groups excluding carboxylic acids is 2. The Hall–Kier alpha value is -2.70. The fraction of sp³-hybridized carbons (Fsp3) is 0.190. The van der Waals surface area contributed by atoms with E-state index in [2.05, 4.69) is 4.98 Å². The van der Waals surface area contributed by atoms with Crippen LogP contribution >= 0.6 is 22.9 Å². The lowest BCUT2D eigenvalue weighted by atomic mass is 10.2. The van der Waals surface area contributed by atoms with Crippen LogP contribution in [0.5, 0.6) is 0 Å². The second-order valence-electron chi connectivity index (χ2n) is 6.16. The fourth-order valence-electron chi connectivity index (χ4n) is 2.50. The third-order valence-electron chi connectivity index (χ3n) is 4.28. The van der Waals surface area contributed by atoms with Crippen molar-refractivity contribution in [1.29, 1.82) is 0 Å². The summed E-state index contributed by atoms with van der Waals surface area (Å²) < 4.78 is 6.13. The second kappa shape index (κ2) is 8.99. The first-order valence-electron chi connectivity index (χ1n) is 8.66. The van der Waals surface area contributed by atoms with Gasteiger partial charge in [-0.3, -0.25) is 4.79 Å². The summed E-state index contributed by atoms with van der Waals surface area (Å²) in [6, 6.07) is 14.7. The Morgan fingerprint density at radius 3 is 2.68 bits per heavy atom. The molecule has 7 heteroatoms. The van der Waals surface area contributed by atoms with Gasteiger partial charge in [0.25, 0.3) is 5.91 Å². The number of hydrogen-bond donors (Lipinski definition) is 0. The molecule has 0 bridgehead atoms. The van der Waals surface area contributed by atoms with Crippen molar-refractivity contribution >= 4 is 51.1 Å². The average molecular weight is 415 g/mol. The van der Waals surface area contributed by atoms with Crippen molar-refractivity contribution in [2.24, 2.45) is 0 Å². The van der Waals surface area contributed by atoms with Crippen LogP contribution in [-0.2, 0) is 14.3 Å². The van der Waals surface area contributed by atoms with Crippen LogP contribution in [0.1, 0.15) is 23.5 Å². The van der Waals surface area contributed by atoms with Crippen LogP contribution in [0, 0.1) is 0 Å². The van der Waals surface area contributed by atoms with Gasteiger partial charge < -0.3 is 9.64 Å². The van der Waals surface area contributed by atoms with E-state index in [1.54, 1.807) is 42.7 Å². The number of thiazole rings is 1. The van der Waals surface area contributed by atoms with Gasteiger partial charge in [-0.1, -0.05) is 41.9 Å². The minimum Gasteiger partial charge on any atom is -0.452 e. The summed E-state index contributed by atoms with van der Waals surface area (Å²) in [6.07, 6.45) is 2.81. The van der Waals surface area contributed by atoms with Gasteiger partial charge in [0.2, 0.25) is 0 Å². The number of nitrogens with zero attached hydrogens (tertiary/aromatic N) is 2. The summed E-state index contributed by atoms with van der Waals surface area (Å²) >= 11 is 7.58. The lowest BCUT2D eigenvalue weighted by molar-refractivity contribution is -0.148. The monoisotopic (exact) mass is 414 g/mol. The molecule has 0 radical (unpaired) electrons. The Morgan fingerprint density at radius 2 is 1.93 bits per heavy atom. The van der Waals surface area contributed by atoms with Crippen molar-refractivity contribution in [2.75, 3.05) is 13.7 Å². The smallest absolute Gasteiger partial charge is 0.331 e. The molecule has 3 rings (SSSR count). The molecule has 0 fully saturated rings. The maximum absolute atomic E-state index is 12.4. The molecule has 0 spiro atoms. The molecule has 5 nitrogen and oxygen atoms in total. The predicted molar refractivity (Wildman–Crippen MR) is 112 cm³/mol. The third-order valence-corrected chi connectivity index (χ3v) is 5.84. The molecular weight excluding hydrogens is 396 g/mol. The van der Waals surface area contributed by atoms with Crippen LogP contribution in [0.3, 0.4) is 0 Å². The number of fused-ring (bicyclic) bond motifs is 1. The predicted octanol–water partition coefficient (Wildman–Crippen LogP) is 4.73. The molecular formula is C21H19ClN2O3S. The Labute approximate surface area is 172 Å². The number of halogens is 1. The molecule has 0 unspecified atom stereocenters. The van der Waals surface area contributed by atoms with E-state index < -0.39 is 5.97 Å². The standard InChI is InChI=1S/C21H19ClN2O3S/c1-14(21-23-17-9-5-6-10-18(17)28-21)24(2)19(25)13-27-20(26)12-11-15-7-3-4-8-16(15)22/h3-12,14H,13H2,1-2H3/b12-11+/t14-/m0/s1. The van der Waals surface area contributed by atoms with Crippen LogP contribution < -0.4 is 0 Å².